The van der Waals surface area contributed by atoms with Crippen molar-refractivity contribution in [3.8, 4) is 0 Å². The highest BCUT2D eigenvalue weighted by molar-refractivity contribution is 5.55. The summed E-state index contributed by atoms with van der Waals surface area (Å²) in [7, 11) is 0. The predicted molar refractivity (Wildman–Crippen MR) is 70.1 cm³/mol. The molecule has 19 heavy (non-hydrogen) atoms. The molecule has 0 amide bonds. The normalized spacial score (nSPS) is 16.3. The summed E-state index contributed by atoms with van der Waals surface area (Å²) in [6.45, 7) is 4.03. The van der Waals surface area contributed by atoms with Crippen LogP contribution in [0.5, 0.6) is 0 Å². The minimum atomic E-state index is -0.337. The Bertz CT molecular complexity index is 592. The summed E-state index contributed by atoms with van der Waals surface area (Å²) in [6.07, 6.45) is 1.73. The van der Waals surface area contributed by atoms with E-state index in [1.807, 2.05) is 10.6 Å². The van der Waals surface area contributed by atoms with E-state index in [1.54, 1.807) is 19.3 Å². The summed E-state index contributed by atoms with van der Waals surface area (Å²) in [5.74, 6) is 0.644. The maximum atomic E-state index is 14.0. The third kappa shape index (κ3) is 2.08. The number of anilines is 1. The summed E-state index contributed by atoms with van der Waals surface area (Å²) in [6, 6.07) is 4.74. The molecule has 0 saturated carbocycles. The first-order chi connectivity index (χ1) is 9.16. The molecule has 1 aliphatic rings. The van der Waals surface area contributed by atoms with Gasteiger partial charge in [0.15, 0.2) is 5.82 Å². The smallest absolute Gasteiger partial charge is 0.152 e. The van der Waals surface area contributed by atoms with Crippen LogP contribution in [-0.4, -0.2) is 21.3 Å². The van der Waals surface area contributed by atoms with Gasteiger partial charge in [-0.2, -0.15) is 0 Å². The topological polar surface area (TPSA) is 60.0 Å². The molecular formula is C13H16FN5. The molecule has 1 aromatic carbocycles. The van der Waals surface area contributed by atoms with Crippen LogP contribution in [0.25, 0.3) is 0 Å². The highest BCUT2D eigenvalue weighted by Gasteiger charge is 2.22. The molecule has 0 unspecified atom stereocenters. The third-order valence-corrected chi connectivity index (χ3v) is 3.46. The number of nitrogens with two attached hydrogens (primary N) is 1. The van der Waals surface area contributed by atoms with E-state index in [0.29, 0.717) is 12.1 Å². The number of halogens is 1. The lowest BCUT2D eigenvalue weighted by molar-refractivity contribution is 0.549. The first kappa shape index (κ1) is 12.1. The van der Waals surface area contributed by atoms with E-state index in [4.69, 9.17) is 5.73 Å². The largest absolute Gasteiger partial charge is 0.362 e. The Morgan fingerprint density at radius 3 is 3.00 bits per heavy atom. The molecule has 0 radical (unpaired) electrons. The fourth-order valence-electron chi connectivity index (χ4n) is 2.52. The zero-order chi connectivity index (χ0) is 13.4. The number of hydrogen-bond donors (Lipinski definition) is 1. The van der Waals surface area contributed by atoms with E-state index >= 15 is 0 Å². The van der Waals surface area contributed by atoms with Crippen molar-refractivity contribution in [1.29, 1.82) is 0 Å². The lowest BCUT2D eigenvalue weighted by Gasteiger charge is -2.31. The zero-order valence-corrected chi connectivity index (χ0v) is 10.8. The van der Waals surface area contributed by atoms with Crippen LogP contribution in [-0.2, 0) is 13.1 Å². The molecule has 2 N–H and O–H groups in total. The first-order valence-electron chi connectivity index (χ1n) is 6.32. The van der Waals surface area contributed by atoms with Gasteiger partial charge in [0.25, 0.3) is 0 Å². The van der Waals surface area contributed by atoms with Crippen molar-refractivity contribution in [1.82, 2.24) is 14.8 Å². The molecule has 6 heteroatoms. The second-order valence-electron chi connectivity index (χ2n) is 4.82. The number of rotatable bonds is 2. The van der Waals surface area contributed by atoms with Gasteiger partial charge in [-0.3, -0.25) is 0 Å². The summed E-state index contributed by atoms with van der Waals surface area (Å²) >= 11 is 0. The zero-order valence-electron chi connectivity index (χ0n) is 10.8. The third-order valence-electron chi connectivity index (χ3n) is 3.46. The second-order valence-corrected chi connectivity index (χ2v) is 4.82. The lowest BCUT2D eigenvalue weighted by atomic mass is 10.0. The van der Waals surface area contributed by atoms with Gasteiger partial charge in [-0.25, -0.2) is 4.39 Å². The number of fused-ring (bicyclic) bond motifs is 1. The van der Waals surface area contributed by atoms with Crippen LogP contribution in [0.1, 0.15) is 24.4 Å². The molecule has 0 fully saturated rings. The average molecular weight is 261 g/mol. The van der Waals surface area contributed by atoms with Crippen LogP contribution in [0.3, 0.4) is 0 Å². The molecule has 2 aromatic rings. The number of nitrogens with zero attached hydrogens (tertiary/aromatic N) is 4. The van der Waals surface area contributed by atoms with E-state index in [2.05, 4.69) is 15.1 Å². The van der Waals surface area contributed by atoms with Gasteiger partial charge in [0.05, 0.1) is 6.54 Å². The van der Waals surface area contributed by atoms with Crippen LogP contribution in [0.15, 0.2) is 24.5 Å². The summed E-state index contributed by atoms with van der Waals surface area (Å²) < 4.78 is 16.0. The molecule has 0 saturated heterocycles. The highest BCUT2D eigenvalue weighted by Crippen LogP contribution is 2.29. The fraction of sp³-hybridized carbons (Fsp3) is 0.385. The van der Waals surface area contributed by atoms with Crippen LogP contribution in [0.4, 0.5) is 10.1 Å². The minimum absolute atomic E-state index is 0.250. The fourth-order valence-corrected chi connectivity index (χ4v) is 2.52. The van der Waals surface area contributed by atoms with Crippen LogP contribution < -0.4 is 10.6 Å². The summed E-state index contributed by atoms with van der Waals surface area (Å²) in [4.78, 5) is 2.10. The predicted octanol–water partition coefficient (Wildman–Crippen LogP) is 1.46. The number of aromatic nitrogens is 3. The standard InChI is InChI=1S/C13H16FN5/c1-9(15)13-10(14)3-2-4-11(13)18-5-6-19-8-16-17-12(19)7-18/h2-4,8-9H,5-7,15H2,1H3/t9-/m1/s1. The van der Waals surface area contributed by atoms with Crippen molar-refractivity contribution in [3.05, 3.63) is 41.7 Å². The van der Waals surface area contributed by atoms with E-state index in [-0.39, 0.29) is 11.9 Å². The molecular weight excluding hydrogens is 245 g/mol. The van der Waals surface area contributed by atoms with Gasteiger partial charge in [0.1, 0.15) is 12.1 Å². The van der Waals surface area contributed by atoms with E-state index < -0.39 is 0 Å². The summed E-state index contributed by atoms with van der Waals surface area (Å²) in [5, 5.41) is 7.97. The van der Waals surface area contributed by atoms with Gasteiger partial charge in [-0.15, -0.1) is 10.2 Å². The van der Waals surface area contributed by atoms with E-state index in [1.165, 1.54) is 6.07 Å². The van der Waals surface area contributed by atoms with Gasteiger partial charge in [0, 0.05) is 30.4 Å². The molecule has 3 rings (SSSR count). The molecule has 1 aromatic heterocycles. The van der Waals surface area contributed by atoms with Crippen molar-refractivity contribution < 1.29 is 4.39 Å². The van der Waals surface area contributed by atoms with Crippen LogP contribution in [0, 0.1) is 5.82 Å². The Morgan fingerprint density at radius 1 is 1.37 bits per heavy atom. The Morgan fingerprint density at radius 2 is 2.21 bits per heavy atom. The number of hydrogen-bond acceptors (Lipinski definition) is 4. The molecule has 1 atom stereocenters. The quantitative estimate of drug-likeness (QED) is 0.889. The van der Waals surface area contributed by atoms with Gasteiger partial charge in [-0.05, 0) is 19.1 Å². The van der Waals surface area contributed by atoms with Crippen molar-refractivity contribution in [2.45, 2.75) is 26.1 Å². The molecule has 1 aliphatic heterocycles. The second kappa shape index (κ2) is 4.62. The van der Waals surface area contributed by atoms with Gasteiger partial charge in [0.2, 0.25) is 0 Å². The van der Waals surface area contributed by atoms with Crippen molar-refractivity contribution >= 4 is 5.69 Å². The SMILES string of the molecule is C[C@@H](N)c1c(F)cccc1N1CCn2cnnc2C1. The molecule has 5 nitrogen and oxygen atoms in total. The first-order valence-corrected chi connectivity index (χ1v) is 6.32. The highest BCUT2D eigenvalue weighted by atomic mass is 19.1. The maximum Gasteiger partial charge on any atom is 0.152 e. The van der Waals surface area contributed by atoms with Gasteiger partial charge in [-0.1, -0.05) is 6.07 Å². The van der Waals surface area contributed by atoms with Gasteiger partial charge >= 0.3 is 0 Å². The van der Waals surface area contributed by atoms with Crippen molar-refractivity contribution in [3.63, 3.8) is 0 Å². The molecule has 0 bridgehead atoms. The minimum Gasteiger partial charge on any atom is -0.362 e. The van der Waals surface area contributed by atoms with Crippen molar-refractivity contribution in [2.24, 2.45) is 5.73 Å². The van der Waals surface area contributed by atoms with Crippen molar-refractivity contribution in [2.75, 3.05) is 11.4 Å². The molecule has 100 valence electrons. The Balaban J connectivity index is 1.98. The average Bonchev–Trinajstić information content (AvgIpc) is 2.85. The van der Waals surface area contributed by atoms with Crippen LogP contribution in [0.2, 0.25) is 0 Å². The lowest BCUT2D eigenvalue weighted by Crippen LogP contribution is -2.34. The molecule has 0 spiro atoms. The Hall–Kier alpha value is -1.95. The summed E-state index contributed by atoms with van der Waals surface area (Å²) in [5.41, 5.74) is 7.31. The van der Waals surface area contributed by atoms with E-state index in [9.17, 15) is 4.39 Å². The Kier molecular flexibility index (Phi) is 2.94. The van der Waals surface area contributed by atoms with E-state index in [0.717, 1.165) is 24.6 Å². The monoisotopic (exact) mass is 261 g/mol. The Labute approximate surface area is 110 Å². The molecule has 0 aliphatic carbocycles. The molecule has 2 heterocycles. The van der Waals surface area contributed by atoms with Gasteiger partial charge < -0.3 is 15.2 Å². The maximum absolute atomic E-state index is 14.0. The number of benzene rings is 1. The van der Waals surface area contributed by atoms with Crippen LogP contribution >= 0.6 is 0 Å².